The lowest BCUT2D eigenvalue weighted by atomic mass is 9.84. The first-order chi connectivity index (χ1) is 11.9. The van der Waals surface area contributed by atoms with Crippen LogP contribution in [0.1, 0.15) is 51.0 Å². The molecular weight excluding hydrogens is 331 g/mol. The first-order valence-corrected chi connectivity index (χ1v) is 8.92. The van der Waals surface area contributed by atoms with Crippen LogP contribution in [0.3, 0.4) is 0 Å². The Kier molecular flexibility index (Phi) is 6.87. The van der Waals surface area contributed by atoms with E-state index in [-0.39, 0.29) is 25.5 Å². The van der Waals surface area contributed by atoms with Crippen LogP contribution in [0.25, 0.3) is 0 Å². The summed E-state index contributed by atoms with van der Waals surface area (Å²) in [4.78, 5) is 12.6. The van der Waals surface area contributed by atoms with Gasteiger partial charge in [-0.05, 0) is 30.7 Å². The van der Waals surface area contributed by atoms with E-state index in [1.54, 1.807) is 24.3 Å². The maximum Gasteiger partial charge on any atom is 0.426 e. The van der Waals surface area contributed by atoms with E-state index < -0.39 is 17.7 Å². The van der Waals surface area contributed by atoms with Crippen LogP contribution in [0.2, 0.25) is 0 Å². The molecule has 0 aliphatic carbocycles. The van der Waals surface area contributed by atoms with Crippen molar-refractivity contribution >= 4 is 5.91 Å². The first-order valence-electron chi connectivity index (χ1n) is 8.92. The number of ether oxygens (including phenoxy) is 1. The van der Waals surface area contributed by atoms with Gasteiger partial charge in [-0.25, -0.2) is 0 Å². The van der Waals surface area contributed by atoms with Crippen molar-refractivity contribution in [1.29, 1.82) is 0 Å². The number of benzene rings is 1. The Morgan fingerprint density at radius 1 is 1.32 bits per heavy atom. The van der Waals surface area contributed by atoms with Crippen LogP contribution >= 0.6 is 0 Å². The largest absolute Gasteiger partial charge is 0.426 e. The minimum atomic E-state index is -4.73. The van der Waals surface area contributed by atoms with Gasteiger partial charge in [-0.1, -0.05) is 56.5 Å². The lowest BCUT2D eigenvalue weighted by Gasteiger charge is -2.35. The molecule has 1 aromatic rings. The molecule has 140 valence electrons. The van der Waals surface area contributed by atoms with Crippen LogP contribution < -0.4 is 5.32 Å². The van der Waals surface area contributed by atoms with Gasteiger partial charge in [0.05, 0.1) is 0 Å². The molecule has 3 nitrogen and oxygen atoms in total. The average molecular weight is 357 g/mol. The number of halogens is 3. The molecule has 1 aliphatic rings. The number of carbonyl (C=O) groups excluding carboxylic acids is 1. The summed E-state index contributed by atoms with van der Waals surface area (Å²) >= 11 is 0. The number of hydrogen-bond acceptors (Lipinski definition) is 2. The zero-order chi connectivity index (χ0) is 18.3. The molecule has 0 aromatic heterocycles. The predicted octanol–water partition coefficient (Wildman–Crippen LogP) is 4.61. The summed E-state index contributed by atoms with van der Waals surface area (Å²) in [6.45, 7) is 2.03. The van der Waals surface area contributed by atoms with Gasteiger partial charge in [-0.3, -0.25) is 4.79 Å². The fourth-order valence-electron chi connectivity index (χ4n) is 3.33. The van der Waals surface area contributed by atoms with E-state index in [2.05, 4.69) is 5.32 Å². The third-order valence-corrected chi connectivity index (χ3v) is 4.77. The van der Waals surface area contributed by atoms with Gasteiger partial charge in [0, 0.05) is 13.2 Å². The lowest BCUT2D eigenvalue weighted by Crippen LogP contribution is -2.59. The molecule has 0 bridgehead atoms. The molecule has 1 amide bonds. The van der Waals surface area contributed by atoms with E-state index in [1.165, 1.54) is 0 Å². The van der Waals surface area contributed by atoms with Crippen molar-refractivity contribution in [2.24, 2.45) is 5.92 Å². The van der Waals surface area contributed by atoms with E-state index in [0.29, 0.717) is 19.3 Å². The fraction of sp³-hybridized carbons (Fsp3) is 0.632. The second-order valence-corrected chi connectivity index (χ2v) is 6.70. The highest BCUT2D eigenvalue weighted by atomic mass is 19.4. The number of unbranched alkanes of at least 4 members (excludes halogenated alkanes) is 1. The highest BCUT2D eigenvalue weighted by Crippen LogP contribution is 2.43. The topological polar surface area (TPSA) is 38.3 Å². The van der Waals surface area contributed by atoms with Gasteiger partial charge in [0.1, 0.15) is 0 Å². The number of nitrogens with one attached hydrogen (secondary N) is 1. The number of amides is 1. The summed E-state index contributed by atoms with van der Waals surface area (Å²) in [6.07, 6.45) is -1.31. The zero-order valence-corrected chi connectivity index (χ0v) is 14.6. The smallest absolute Gasteiger partial charge is 0.357 e. The third-order valence-electron chi connectivity index (χ3n) is 4.77. The normalized spacial score (nSPS) is 24.6. The first kappa shape index (κ1) is 19.8. The molecule has 6 heteroatoms. The summed E-state index contributed by atoms with van der Waals surface area (Å²) in [5.74, 6) is -1.22. The van der Waals surface area contributed by atoms with Crippen LogP contribution in [-0.4, -0.2) is 24.3 Å². The molecule has 1 aliphatic heterocycles. The van der Waals surface area contributed by atoms with Gasteiger partial charge in [-0.2, -0.15) is 13.2 Å². The van der Waals surface area contributed by atoms with Gasteiger partial charge in [0.25, 0.3) is 5.91 Å². The Morgan fingerprint density at radius 3 is 2.68 bits per heavy atom. The van der Waals surface area contributed by atoms with E-state index in [4.69, 9.17) is 4.74 Å². The summed E-state index contributed by atoms with van der Waals surface area (Å²) < 4.78 is 46.8. The maximum absolute atomic E-state index is 13.9. The molecule has 0 radical (unpaired) electrons. The number of hydrogen-bond donors (Lipinski definition) is 1. The molecular formula is C19H26F3NO2. The minimum absolute atomic E-state index is 0.0408. The summed E-state index contributed by atoms with van der Waals surface area (Å²) in [5, 5.41) is 2.44. The highest BCUT2D eigenvalue weighted by Gasteiger charge is 2.62. The van der Waals surface area contributed by atoms with Crippen molar-refractivity contribution in [3.63, 3.8) is 0 Å². The molecule has 1 fully saturated rings. The van der Waals surface area contributed by atoms with E-state index in [1.807, 2.05) is 13.0 Å². The van der Waals surface area contributed by atoms with Gasteiger partial charge >= 0.3 is 6.18 Å². The zero-order valence-electron chi connectivity index (χ0n) is 14.6. The molecule has 0 unspecified atom stereocenters. The SMILES string of the molecule is CCCC[C@H]1CCCO[C@@](C(=O)NCc2ccccc2)(C(F)(F)F)C1. The summed E-state index contributed by atoms with van der Waals surface area (Å²) in [6, 6.07) is 8.90. The number of alkyl halides is 3. The van der Waals surface area contributed by atoms with Crippen LogP contribution in [0.5, 0.6) is 0 Å². The fourth-order valence-corrected chi connectivity index (χ4v) is 3.33. The lowest BCUT2D eigenvalue weighted by molar-refractivity contribution is -0.269. The number of rotatable bonds is 6. The van der Waals surface area contributed by atoms with Crippen molar-refractivity contribution in [3.05, 3.63) is 35.9 Å². The Bertz CT molecular complexity index is 547. The van der Waals surface area contributed by atoms with Crippen molar-refractivity contribution < 1.29 is 22.7 Å². The predicted molar refractivity (Wildman–Crippen MR) is 89.9 cm³/mol. The molecule has 1 N–H and O–H groups in total. The summed E-state index contributed by atoms with van der Waals surface area (Å²) in [5.41, 5.74) is -1.99. The van der Waals surface area contributed by atoms with E-state index in [0.717, 1.165) is 18.4 Å². The van der Waals surface area contributed by atoms with Gasteiger partial charge in [0.2, 0.25) is 5.60 Å². The van der Waals surface area contributed by atoms with Gasteiger partial charge in [-0.15, -0.1) is 0 Å². The Labute approximate surface area is 146 Å². The van der Waals surface area contributed by atoms with Crippen LogP contribution in [-0.2, 0) is 16.1 Å². The average Bonchev–Trinajstić information content (AvgIpc) is 2.82. The number of carbonyl (C=O) groups is 1. The van der Waals surface area contributed by atoms with E-state index >= 15 is 0 Å². The molecule has 2 rings (SSSR count). The van der Waals surface area contributed by atoms with Crippen molar-refractivity contribution in [2.75, 3.05) is 6.61 Å². The Morgan fingerprint density at radius 2 is 2.04 bits per heavy atom. The molecule has 2 atom stereocenters. The van der Waals surface area contributed by atoms with E-state index in [9.17, 15) is 18.0 Å². The molecule has 1 saturated heterocycles. The van der Waals surface area contributed by atoms with Gasteiger partial charge in [0.15, 0.2) is 0 Å². The quantitative estimate of drug-likeness (QED) is 0.807. The van der Waals surface area contributed by atoms with Crippen LogP contribution in [0.4, 0.5) is 13.2 Å². The molecule has 0 spiro atoms. The second-order valence-electron chi connectivity index (χ2n) is 6.70. The molecule has 0 saturated carbocycles. The van der Waals surface area contributed by atoms with Crippen LogP contribution in [0, 0.1) is 5.92 Å². The minimum Gasteiger partial charge on any atom is -0.357 e. The van der Waals surface area contributed by atoms with Crippen LogP contribution in [0.15, 0.2) is 30.3 Å². The molecule has 1 aromatic carbocycles. The van der Waals surface area contributed by atoms with Crippen molar-refractivity contribution in [3.8, 4) is 0 Å². The molecule has 25 heavy (non-hydrogen) atoms. The van der Waals surface area contributed by atoms with Gasteiger partial charge < -0.3 is 10.1 Å². The summed E-state index contributed by atoms with van der Waals surface area (Å²) in [7, 11) is 0. The maximum atomic E-state index is 13.9. The van der Waals surface area contributed by atoms with Crippen molar-refractivity contribution in [1.82, 2.24) is 5.32 Å². The highest BCUT2D eigenvalue weighted by molar-refractivity contribution is 5.86. The monoisotopic (exact) mass is 357 g/mol. The second kappa shape index (κ2) is 8.70. The Balaban J connectivity index is 2.16. The third kappa shape index (κ3) is 4.97. The van der Waals surface area contributed by atoms with Crippen molar-refractivity contribution in [2.45, 2.75) is 63.8 Å². The standard InChI is InChI=1S/C19H26F3NO2/c1-2-3-8-15-11-7-12-25-18(13-15,19(20,21)22)17(24)23-14-16-9-5-4-6-10-16/h4-6,9-10,15H,2-3,7-8,11-14H2,1H3,(H,23,24)/t15-,18-/m0/s1. The molecule has 1 heterocycles. The Hall–Kier alpha value is -1.56.